The third kappa shape index (κ3) is 4.13. The predicted octanol–water partition coefficient (Wildman–Crippen LogP) is 2.93. The smallest absolute Gasteiger partial charge is 0.272 e. The van der Waals surface area contributed by atoms with Gasteiger partial charge in [-0.1, -0.05) is 36.4 Å². The summed E-state index contributed by atoms with van der Waals surface area (Å²) in [5.74, 6) is -1.23. The van der Waals surface area contributed by atoms with E-state index < -0.39 is 11.7 Å². The van der Waals surface area contributed by atoms with Crippen LogP contribution >= 0.6 is 0 Å². The number of amides is 2. The highest BCUT2D eigenvalue weighted by molar-refractivity contribution is 5.98. The van der Waals surface area contributed by atoms with Gasteiger partial charge in [0.15, 0.2) is 0 Å². The third-order valence-electron chi connectivity index (χ3n) is 3.71. The van der Waals surface area contributed by atoms with Crippen LogP contribution in [0.15, 0.2) is 60.7 Å². The van der Waals surface area contributed by atoms with Crippen molar-refractivity contribution in [1.82, 2.24) is 15.1 Å². The maximum Gasteiger partial charge on any atom is 0.272 e. The second kappa shape index (κ2) is 7.60. The Hall–Kier alpha value is -3.48. The van der Waals surface area contributed by atoms with Crippen molar-refractivity contribution in [3.05, 3.63) is 72.2 Å². The van der Waals surface area contributed by atoms with Crippen LogP contribution in [-0.4, -0.2) is 40.5 Å². The Balaban J connectivity index is 1.63. The Bertz CT molecular complexity index is 924. The van der Waals surface area contributed by atoms with E-state index in [0.29, 0.717) is 11.4 Å². The second-order valence-corrected chi connectivity index (χ2v) is 5.75. The summed E-state index contributed by atoms with van der Waals surface area (Å²) in [5.41, 5.74) is 2.15. The molecule has 132 valence electrons. The van der Waals surface area contributed by atoms with Gasteiger partial charge in [-0.05, 0) is 24.3 Å². The Labute approximate surface area is 149 Å². The van der Waals surface area contributed by atoms with E-state index in [2.05, 4.69) is 15.5 Å². The molecule has 0 spiro atoms. The van der Waals surface area contributed by atoms with E-state index in [1.54, 1.807) is 12.1 Å². The van der Waals surface area contributed by atoms with Gasteiger partial charge in [-0.15, -0.1) is 0 Å². The summed E-state index contributed by atoms with van der Waals surface area (Å²) in [6.45, 7) is -0.172. The van der Waals surface area contributed by atoms with Gasteiger partial charge in [-0.2, -0.15) is 5.10 Å². The lowest BCUT2D eigenvalue weighted by atomic mass is 10.1. The highest BCUT2D eigenvalue weighted by Crippen LogP contribution is 2.17. The van der Waals surface area contributed by atoms with Gasteiger partial charge in [0.2, 0.25) is 5.91 Å². The molecule has 1 aromatic heterocycles. The average molecular weight is 352 g/mol. The van der Waals surface area contributed by atoms with Crippen molar-refractivity contribution in [1.29, 1.82) is 0 Å². The SMILES string of the molecule is CN(CC(=O)Nc1cccc(F)c1)C(=O)c1cc(-c2ccccc2)n[nH]1. The lowest BCUT2D eigenvalue weighted by molar-refractivity contribution is -0.116. The standard InChI is InChI=1S/C19H17FN4O2/c1-24(12-18(25)21-15-9-5-8-14(20)10-15)19(26)17-11-16(22-23-17)13-6-3-2-4-7-13/h2-11H,12H2,1H3,(H,21,25)(H,22,23). The van der Waals surface area contributed by atoms with Crippen molar-refractivity contribution in [3.63, 3.8) is 0 Å². The highest BCUT2D eigenvalue weighted by Gasteiger charge is 2.18. The van der Waals surface area contributed by atoms with Crippen LogP contribution in [0.3, 0.4) is 0 Å². The van der Waals surface area contributed by atoms with E-state index >= 15 is 0 Å². The first-order valence-electron chi connectivity index (χ1n) is 7.94. The molecule has 0 aliphatic heterocycles. The molecule has 0 saturated heterocycles. The van der Waals surface area contributed by atoms with Crippen LogP contribution in [-0.2, 0) is 4.79 Å². The minimum atomic E-state index is -0.446. The number of nitrogens with zero attached hydrogens (tertiary/aromatic N) is 2. The topological polar surface area (TPSA) is 78.1 Å². The maximum absolute atomic E-state index is 13.1. The van der Waals surface area contributed by atoms with Gasteiger partial charge in [0.25, 0.3) is 5.91 Å². The number of benzene rings is 2. The summed E-state index contributed by atoms with van der Waals surface area (Å²) < 4.78 is 13.1. The van der Waals surface area contributed by atoms with E-state index in [-0.39, 0.29) is 18.1 Å². The number of aromatic amines is 1. The first-order chi connectivity index (χ1) is 12.5. The van der Waals surface area contributed by atoms with Gasteiger partial charge in [0, 0.05) is 18.3 Å². The second-order valence-electron chi connectivity index (χ2n) is 5.75. The van der Waals surface area contributed by atoms with Crippen molar-refractivity contribution < 1.29 is 14.0 Å². The van der Waals surface area contributed by atoms with E-state index in [4.69, 9.17) is 0 Å². The molecular weight excluding hydrogens is 335 g/mol. The molecule has 0 unspecified atom stereocenters. The van der Waals surface area contributed by atoms with Gasteiger partial charge in [0.1, 0.15) is 11.5 Å². The molecular formula is C19H17FN4O2. The van der Waals surface area contributed by atoms with E-state index in [9.17, 15) is 14.0 Å². The molecule has 7 heteroatoms. The number of carbonyl (C=O) groups excluding carboxylic acids is 2. The fourth-order valence-electron chi connectivity index (χ4n) is 2.45. The molecule has 0 atom stereocenters. The molecule has 2 aromatic carbocycles. The predicted molar refractivity (Wildman–Crippen MR) is 96.0 cm³/mol. The van der Waals surface area contributed by atoms with Crippen molar-refractivity contribution in [2.75, 3.05) is 18.9 Å². The molecule has 0 bridgehead atoms. The van der Waals surface area contributed by atoms with Gasteiger partial charge >= 0.3 is 0 Å². The first-order valence-corrected chi connectivity index (χ1v) is 7.94. The summed E-state index contributed by atoms with van der Waals surface area (Å²) in [4.78, 5) is 25.8. The number of hydrogen-bond donors (Lipinski definition) is 2. The number of rotatable bonds is 5. The van der Waals surface area contributed by atoms with E-state index in [0.717, 1.165) is 5.56 Å². The largest absolute Gasteiger partial charge is 0.331 e. The van der Waals surface area contributed by atoms with Crippen molar-refractivity contribution in [2.45, 2.75) is 0 Å². The van der Waals surface area contributed by atoms with Crippen LogP contribution < -0.4 is 5.32 Å². The molecule has 0 aliphatic rings. The van der Waals surface area contributed by atoms with Crippen LogP contribution in [0.4, 0.5) is 10.1 Å². The molecule has 0 radical (unpaired) electrons. The van der Waals surface area contributed by atoms with E-state index in [1.165, 1.54) is 30.1 Å². The molecule has 2 amide bonds. The van der Waals surface area contributed by atoms with Crippen molar-refractivity contribution in [3.8, 4) is 11.3 Å². The summed E-state index contributed by atoms with van der Waals surface area (Å²) in [5, 5.41) is 9.38. The summed E-state index contributed by atoms with van der Waals surface area (Å²) in [6.07, 6.45) is 0. The molecule has 0 aliphatic carbocycles. The molecule has 3 aromatic rings. The average Bonchev–Trinajstić information content (AvgIpc) is 3.11. The van der Waals surface area contributed by atoms with Crippen LogP contribution in [0.25, 0.3) is 11.3 Å². The first kappa shape index (κ1) is 17.3. The molecule has 26 heavy (non-hydrogen) atoms. The van der Waals surface area contributed by atoms with Gasteiger partial charge in [-0.25, -0.2) is 4.39 Å². The summed E-state index contributed by atoms with van der Waals surface area (Å²) in [7, 11) is 1.51. The zero-order valence-electron chi connectivity index (χ0n) is 14.1. The summed E-state index contributed by atoms with van der Waals surface area (Å²) in [6, 6.07) is 16.6. The van der Waals surface area contributed by atoms with Crippen LogP contribution in [0.2, 0.25) is 0 Å². The molecule has 2 N–H and O–H groups in total. The van der Waals surface area contributed by atoms with Crippen LogP contribution in [0.5, 0.6) is 0 Å². The van der Waals surface area contributed by atoms with Crippen LogP contribution in [0.1, 0.15) is 10.5 Å². The molecule has 0 fully saturated rings. The Kier molecular flexibility index (Phi) is 5.07. The number of nitrogens with one attached hydrogen (secondary N) is 2. The minimum absolute atomic E-state index is 0.172. The fourth-order valence-corrected chi connectivity index (χ4v) is 2.45. The Morgan fingerprint density at radius 1 is 1.12 bits per heavy atom. The number of anilines is 1. The van der Waals surface area contributed by atoms with Gasteiger partial charge in [-0.3, -0.25) is 14.7 Å². The molecule has 6 nitrogen and oxygen atoms in total. The Morgan fingerprint density at radius 3 is 2.62 bits per heavy atom. The Morgan fingerprint density at radius 2 is 1.88 bits per heavy atom. The lowest BCUT2D eigenvalue weighted by Crippen LogP contribution is -2.35. The lowest BCUT2D eigenvalue weighted by Gasteiger charge is -2.15. The number of H-pyrrole nitrogens is 1. The number of carbonyl (C=O) groups is 2. The number of likely N-dealkylation sites (N-methyl/N-ethyl adjacent to an activating group) is 1. The fraction of sp³-hybridized carbons (Fsp3) is 0.105. The van der Waals surface area contributed by atoms with Crippen molar-refractivity contribution in [2.24, 2.45) is 0 Å². The highest BCUT2D eigenvalue weighted by atomic mass is 19.1. The zero-order chi connectivity index (χ0) is 18.5. The minimum Gasteiger partial charge on any atom is -0.331 e. The van der Waals surface area contributed by atoms with Gasteiger partial charge < -0.3 is 10.2 Å². The molecule has 1 heterocycles. The molecule has 3 rings (SSSR count). The number of aromatic nitrogens is 2. The third-order valence-corrected chi connectivity index (χ3v) is 3.71. The number of halogens is 1. The van der Waals surface area contributed by atoms with Gasteiger partial charge in [0.05, 0.1) is 12.2 Å². The monoisotopic (exact) mass is 352 g/mol. The van der Waals surface area contributed by atoms with Crippen molar-refractivity contribution >= 4 is 17.5 Å². The normalized spacial score (nSPS) is 10.4. The summed E-state index contributed by atoms with van der Waals surface area (Å²) >= 11 is 0. The maximum atomic E-state index is 13.1. The quantitative estimate of drug-likeness (QED) is 0.741. The number of hydrogen-bond acceptors (Lipinski definition) is 3. The molecule has 0 saturated carbocycles. The van der Waals surface area contributed by atoms with Crippen LogP contribution in [0, 0.1) is 5.82 Å². The van der Waals surface area contributed by atoms with E-state index in [1.807, 2.05) is 30.3 Å². The zero-order valence-corrected chi connectivity index (χ0v) is 14.1.